The van der Waals surface area contributed by atoms with Crippen molar-refractivity contribution in [1.29, 1.82) is 0 Å². The lowest BCUT2D eigenvalue weighted by molar-refractivity contribution is -0.156. The highest BCUT2D eigenvalue weighted by Gasteiger charge is 2.30. The maximum Gasteiger partial charge on any atom is 0.422 e. The fraction of sp³-hybridized carbons (Fsp3) is 0.208. The monoisotopic (exact) mass is 485 g/mol. The van der Waals surface area contributed by atoms with Gasteiger partial charge in [-0.25, -0.2) is 0 Å². The van der Waals surface area contributed by atoms with Crippen LogP contribution in [0.3, 0.4) is 0 Å². The summed E-state index contributed by atoms with van der Waals surface area (Å²) in [6.45, 7) is -1.56. The zero-order valence-electron chi connectivity index (χ0n) is 18.9. The van der Waals surface area contributed by atoms with E-state index in [1.54, 1.807) is 61.8 Å². The molecule has 8 nitrogen and oxygen atoms in total. The Morgan fingerprint density at radius 3 is 2.60 bits per heavy atom. The average Bonchev–Trinajstić information content (AvgIpc) is 2.83. The Labute approximate surface area is 198 Å². The molecule has 1 aliphatic rings. The first-order valence-corrected chi connectivity index (χ1v) is 10.5. The Morgan fingerprint density at radius 2 is 1.94 bits per heavy atom. The third-order valence-electron chi connectivity index (χ3n) is 5.23. The lowest BCUT2D eigenvalue weighted by Gasteiger charge is -2.23. The number of aliphatic imine (C=N–C) groups is 2. The summed E-state index contributed by atoms with van der Waals surface area (Å²) < 4.78 is 49.3. The van der Waals surface area contributed by atoms with E-state index in [1.807, 2.05) is 0 Å². The molecule has 182 valence electrons. The number of fused-ring (bicyclic) bond motifs is 1. The molecule has 0 spiro atoms. The predicted molar refractivity (Wildman–Crippen MR) is 130 cm³/mol. The number of nitrogens with zero attached hydrogens (tertiary/aromatic N) is 3. The van der Waals surface area contributed by atoms with Gasteiger partial charge in [-0.15, -0.1) is 0 Å². The number of nitrogens with two attached hydrogens (primary N) is 1. The minimum absolute atomic E-state index is 0.0706. The van der Waals surface area contributed by atoms with Crippen LogP contribution in [0.4, 0.5) is 30.4 Å². The number of hydrogen-bond donors (Lipinski definition) is 2. The van der Waals surface area contributed by atoms with Gasteiger partial charge in [0.05, 0.1) is 25.0 Å². The van der Waals surface area contributed by atoms with Gasteiger partial charge in [0, 0.05) is 30.1 Å². The second-order valence-corrected chi connectivity index (χ2v) is 7.63. The zero-order valence-corrected chi connectivity index (χ0v) is 18.9. The zero-order chi connectivity index (χ0) is 25.2. The number of hydrogen-bond acceptors (Lipinski definition) is 7. The van der Waals surface area contributed by atoms with Crippen molar-refractivity contribution in [3.8, 4) is 22.6 Å². The number of pyridine rings is 1. The van der Waals surface area contributed by atoms with Crippen molar-refractivity contribution < 1.29 is 22.6 Å². The summed E-state index contributed by atoms with van der Waals surface area (Å²) in [6, 6.07) is 13.4. The molecule has 0 saturated heterocycles. The first kappa shape index (κ1) is 23.9. The predicted octanol–water partition coefficient (Wildman–Crippen LogP) is 4.18. The van der Waals surface area contributed by atoms with Crippen LogP contribution in [0, 0.1) is 0 Å². The summed E-state index contributed by atoms with van der Waals surface area (Å²) in [6.07, 6.45) is -2.93. The fourth-order valence-corrected chi connectivity index (χ4v) is 3.60. The van der Waals surface area contributed by atoms with Crippen LogP contribution in [0.15, 0.2) is 63.3 Å². The summed E-state index contributed by atoms with van der Waals surface area (Å²) in [7, 11) is 3.13. The van der Waals surface area contributed by atoms with Crippen LogP contribution in [0.25, 0.3) is 16.8 Å². The standard InChI is InChI=1S/C24H22F3N5O3/c1-29-11-15-9-14(3-8-19(15)28)18-10-20-22(31-21(12-30-20)35-13-24(25,26)27)32(23(18)33)16-4-6-17(34-2)7-5-16/h3-11,30H,12-13,28H2,1-2H3. The summed E-state index contributed by atoms with van der Waals surface area (Å²) in [5.74, 6) is 0.515. The lowest BCUT2D eigenvalue weighted by Crippen LogP contribution is -2.29. The van der Waals surface area contributed by atoms with Gasteiger partial charge < -0.3 is 20.5 Å². The third-order valence-corrected chi connectivity index (χ3v) is 5.23. The lowest BCUT2D eigenvalue weighted by atomic mass is 10.0. The first-order chi connectivity index (χ1) is 16.7. The molecular weight excluding hydrogens is 463 g/mol. The van der Waals surface area contributed by atoms with Crippen LogP contribution < -0.4 is 21.3 Å². The summed E-state index contributed by atoms with van der Waals surface area (Å²) in [5, 5.41) is 3.01. The molecule has 1 aromatic heterocycles. The van der Waals surface area contributed by atoms with Crippen molar-refractivity contribution in [3.63, 3.8) is 0 Å². The number of halogens is 3. The molecule has 3 N–H and O–H groups in total. The van der Waals surface area contributed by atoms with Crippen LogP contribution in [0.2, 0.25) is 0 Å². The van der Waals surface area contributed by atoms with E-state index in [2.05, 4.69) is 15.3 Å². The SMILES string of the molecule is CN=Cc1cc(-c2cc3c(n(-c4ccc(OC)cc4)c2=O)N=C(OCC(F)(F)F)CN3)ccc1N. The quantitative estimate of drug-likeness (QED) is 0.417. The fourth-order valence-electron chi connectivity index (χ4n) is 3.60. The van der Waals surface area contributed by atoms with Gasteiger partial charge in [0.15, 0.2) is 12.4 Å². The highest BCUT2D eigenvalue weighted by Crippen LogP contribution is 2.34. The van der Waals surface area contributed by atoms with E-state index in [0.717, 1.165) is 0 Å². The highest BCUT2D eigenvalue weighted by atomic mass is 19.4. The van der Waals surface area contributed by atoms with Crippen LogP contribution in [-0.2, 0) is 4.74 Å². The largest absolute Gasteiger partial charge is 0.497 e. The second-order valence-electron chi connectivity index (χ2n) is 7.63. The van der Waals surface area contributed by atoms with Gasteiger partial charge >= 0.3 is 6.18 Å². The van der Waals surface area contributed by atoms with Gasteiger partial charge in [-0.2, -0.15) is 18.2 Å². The topological polar surface area (TPSA) is 103 Å². The van der Waals surface area contributed by atoms with E-state index in [4.69, 9.17) is 15.2 Å². The van der Waals surface area contributed by atoms with Crippen molar-refractivity contribution in [1.82, 2.24) is 4.57 Å². The van der Waals surface area contributed by atoms with Crippen LogP contribution in [0.5, 0.6) is 5.75 Å². The van der Waals surface area contributed by atoms with Crippen molar-refractivity contribution in [2.75, 3.05) is 38.4 Å². The van der Waals surface area contributed by atoms with Gasteiger partial charge in [0.2, 0.25) is 5.90 Å². The average molecular weight is 485 g/mol. The minimum atomic E-state index is -4.52. The van der Waals surface area contributed by atoms with Crippen LogP contribution in [-0.4, -0.2) is 50.2 Å². The van der Waals surface area contributed by atoms with Gasteiger partial charge in [-0.3, -0.25) is 14.4 Å². The first-order valence-electron chi connectivity index (χ1n) is 10.5. The molecule has 0 fully saturated rings. The number of anilines is 2. The Kier molecular flexibility index (Phi) is 6.50. The third kappa shape index (κ3) is 5.13. The van der Waals surface area contributed by atoms with Gasteiger partial charge in [-0.1, -0.05) is 6.07 Å². The summed E-state index contributed by atoms with van der Waals surface area (Å²) >= 11 is 0. The number of benzene rings is 2. The Hall–Kier alpha value is -4.28. The molecule has 35 heavy (non-hydrogen) atoms. The smallest absolute Gasteiger partial charge is 0.422 e. The second kappa shape index (κ2) is 9.53. The number of methoxy groups -OCH3 is 1. The Balaban J connectivity index is 1.91. The highest BCUT2D eigenvalue weighted by molar-refractivity contribution is 5.92. The van der Waals surface area contributed by atoms with Gasteiger partial charge in [-0.05, 0) is 48.0 Å². The molecule has 4 rings (SSSR count). The summed E-state index contributed by atoms with van der Waals surface area (Å²) in [5.41, 5.74) is 8.57. The molecule has 0 unspecified atom stereocenters. The maximum atomic E-state index is 13.7. The van der Waals surface area contributed by atoms with E-state index in [1.165, 1.54) is 11.7 Å². The molecular formula is C24H22F3N5O3. The van der Waals surface area contributed by atoms with Crippen LogP contribution >= 0.6 is 0 Å². The van der Waals surface area contributed by atoms with Gasteiger partial charge in [0.1, 0.15) is 5.75 Å². The van der Waals surface area contributed by atoms with Crippen molar-refractivity contribution in [2.45, 2.75) is 6.18 Å². The Bertz CT molecular complexity index is 1360. The normalized spacial score (nSPS) is 13.2. The molecule has 0 aliphatic carbocycles. The van der Waals surface area contributed by atoms with Gasteiger partial charge in [0.25, 0.3) is 5.56 Å². The molecule has 11 heteroatoms. The van der Waals surface area contributed by atoms with E-state index < -0.39 is 18.3 Å². The molecule has 0 bridgehead atoms. The van der Waals surface area contributed by atoms with Crippen molar-refractivity contribution in [2.24, 2.45) is 9.98 Å². The number of nitrogens with one attached hydrogen (secondary N) is 1. The number of aromatic nitrogens is 1. The number of nitrogen functional groups attached to an aromatic ring is 1. The molecule has 1 aliphatic heterocycles. The number of rotatable bonds is 5. The maximum absolute atomic E-state index is 13.7. The number of ether oxygens (including phenoxy) is 2. The molecule has 0 atom stereocenters. The minimum Gasteiger partial charge on any atom is -0.497 e. The van der Waals surface area contributed by atoms with E-state index in [-0.39, 0.29) is 18.3 Å². The molecule has 0 amide bonds. The van der Waals surface area contributed by atoms with E-state index in [9.17, 15) is 18.0 Å². The van der Waals surface area contributed by atoms with Crippen molar-refractivity contribution >= 4 is 29.3 Å². The molecule has 2 heterocycles. The molecule has 0 radical (unpaired) electrons. The van der Waals surface area contributed by atoms with E-state index in [0.29, 0.717) is 39.5 Å². The molecule has 2 aromatic carbocycles. The van der Waals surface area contributed by atoms with E-state index >= 15 is 0 Å². The molecule has 0 saturated carbocycles. The van der Waals surface area contributed by atoms with Crippen LogP contribution in [0.1, 0.15) is 5.56 Å². The Morgan fingerprint density at radius 1 is 1.20 bits per heavy atom. The molecule has 3 aromatic rings. The summed E-state index contributed by atoms with van der Waals surface area (Å²) in [4.78, 5) is 22.0. The van der Waals surface area contributed by atoms with Crippen molar-refractivity contribution in [3.05, 3.63) is 64.4 Å². The number of alkyl halides is 3.